The maximum Gasteiger partial charge on any atom is 0.325 e. The number of carbonyl (C=O) groups excluding carboxylic acids is 2. The van der Waals surface area contributed by atoms with Crippen LogP contribution in [-0.4, -0.2) is 32.5 Å². The van der Waals surface area contributed by atoms with Crippen LogP contribution in [0.4, 0.5) is 4.39 Å². The Kier molecular flexibility index (Phi) is 6.33. The first-order valence-corrected chi connectivity index (χ1v) is 13.4. The highest BCUT2D eigenvalue weighted by Crippen LogP contribution is 2.42. The maximum atomic E-state index is 13.9. The molecule has 190 valence electrons. The van der Waals surface area contributed by atoms with Crippen LogP contribution in [0.2, 0.25) is 0 Å². The lowest BCUT2D eigenvalue weighted by Crippen LogP contribution is -2.12. The van der Waals surface area contributed by atoms with Crippen LogP contribution in [0.15, 0.2) is 85.5 Å². The monoisotopic (exact) mass is 525 g/mol. The van der Waals surface area contributed by atoms with Gasteiger partial charge >= 0.3 is 5.97 Å². The van der Waals surface area contributed by atoms with Crippen molar-refractivity contribution < 1.29 is 18.7 Å². The normalized spacial score (nSPS) is 14.5. The standard InChI is InChI=1S/C30H24FN3O3S/c1-2-37-28(35)17-33-16-25(23-10-7-20(14-26(23)33)19-5-8-22(31)9-6-19)29(36)24-11-13-34-27(24)18-38-30(34)21-4-3-12-32-15-21/h3-16,30H,2,17-18H2,1H3. The molecule has 3 aromatic heterocycles. The van der Waals surface area contributed by atoms with Crippen molar-refractivity contribution >= 4 is 34.4 Å². The summed E-state index contributed by atoms with van der Waals surface area (Å²) in [6.07, 6.45) is 7.31. The third-order valence-electron chi connectivity index (χ3n) is 6.78. The van der Waals surface area contributed by atoms with Crippen molar-refractivity contribution in [3.63, 3.8) is 0 Å². The SMILES string of the molecule is CCOC(=O)Cn1cc(C(=O)c2ccn3c2CSC3c2cccnc2)c2ccc(-c3ccc(F)cc3)cc21. The second-order valence-corrected chi connectivity index (χ2v) is 10.1. The number of fused-ring (bicyclic) bond motifs is 2. The minimum absolute atomic E-state index is 0.0166. The van der Waals surface area contributed by atoms with E-state index in [1.54, 1.807) is 47.8 Å². The van der Waals surface area contributed by atoms with Gasteiger partial charge in [-0.15, -0.1) is 11.8 Å². The summed E-state index contributed by atoms with van der Waals surface area (Å²) in [5, 5.41) is 0.822. The molecule has 1 aliphatic heterocycles. The van der Waals surface area contributed by atoms with Crippen LogP contribution in [0.3, 0.4) is 0 Å². The molecule has 1 aliphatic rings. The molecular formula is C30H24FN3O3S. The van der Waals surface area contributed by atoms with Crippen LogP contribution in [-0.2, 0) is 21.8 Å². The highest BCUT2D eigenvalue weighted by Gasteiger charge is 2.30. The summed E-state index contributed by atoms with van der Waals surface area (Å²) in [5.41, 5.74) is 5.68. The number of ketones is 1. The molecule has 38 heavy (non-hydrogen) atoms. The Labute approximate surface area is 223 Å². The zero-order valence-electron chi connectivity index (χ0n) is 20.6. The molecule has 2 aromatic carbocycles. The first-order valence-electron chi connectivity index (χ1n) is 12.3. The van der Waals surface area contributed by atoms with Crippen LogP contribution >= 0.6 is 11.8 Å². The van der Waals surface area contributed by atoms with Crippen LogP contribution in [0.1, 0.15) is 39.5 Å². The number of benzene rings is 2. The van der Waals surface area contributed by atoms with E-state index in [-0.39, 0.29) is 36.1 Å². The number of thioether (sulfide) groups is 1. The van der Waals surface area contributed by atoms with Crippen molar-refractivity contribution in [1.82, 2.24) is 14.1 Å². The quantitative estimate of drug-likeness (QED) is 0.186. The summed E-state index contributed by atoms with van der Waals surface area (Å²) in [6, 6.07) is 17.8. The smallest absolute Gasteiger partial charge is 0.325 e. The molecule has 0 bridgehead atoms. The third kappa shape index (κ3) is 4.31. The van der Waals surface area contributed by atoms with Crippen molar-refractivity contribution in [1.29, 1.82) is 0 Å². The number of aromatic nitrogens is 3. The topological polar surface area (TPSA) is 66.1 Å². The molecule has 1 unspecified atom stereocenters. The fourth-order valence-corrected chi connectivity index (χ4v) is 6.30. The van der Waals surface area contributed by atoms with Gasteiger partial charge in [-0.25, -0.2) is 4.39 Å². The molecule has 0 spiro atoms. The average Bonchev–Trinajstić information content (AvgIpc) is 3.63. The Bertz CT molecular complexity index is 1660. The van der Waals surface area contributed by atoms with E-state index in [0.29, 0.717) is 16.9 Å². The molecule has 6 rings (SSSR count). The lowest BCUT2D eigenvalue weighted by atomic mass is 10.00. The number of hydrogen-bond donors (Lipinski definition) is 0. The van der Waals surface area contributed by atoms with Gasteiger partial charge in [0.05, 0.1) is 6.61 Å². The lowest BCUT2D eigenvalue weighted by molar-refractivity contribution is -0.143. The van der Waals surface area contributed by atoms with Gasteiger partial charge in [-0.1, -0.05) is 30.3 Å². The van der Waals surface area contributed by atoms with E-state index < -0.39 is 0 Å². The molecule has 0 amide bonds. The van der Waals surface area contributed by atoms with E-state index >= 15 is 0 Å². The number of pyridine rings is 1. The largest absolute Gasteiger partial charge is 0.465 e. The van der Waals surface area contributed by atoms with E-state index in [2.05, 4.69) is 9.55 Å². The van der Waals surface area contributed by atoms with E-state index in [1.807, 2.05) is 48.8 Å². The Hall–Kier alpha value is -4.17. The van der Waals surface area contributed by atoms with E-state index in [9.17, 15) is 14.0 Å². The van der Waals surface area contributed by atoms with Gasteiger partial charge in [0.2, 0.25) is 0 Å². The average molecular weight is 526 g/mol. The van der Waals surface area contributed by atoms with Gasteiger partial charge in [0.25, 0.3) is 0 Å². The van der Waals surface area contributed by atoms with Crippen molar-refractivity contribution in [2.45, 2.75) is 24.6 Å². The van der Waals surface area contributed by atoms with Crippen LogP contribution in [0.25, 0.3) is 22.0 Å². The summed E-state index contributed by atoms with van der Waals surface area (Å²) in [6.45, 7) is 2.02. The van der Waals surface area contributed by atoms with Crippen LogP contribution in [0.5, 0.6) is 0 Å². The van der Waals surface area contributed by atoms with E-state index in [4.69, 9.17) is 4.74 Å². The highest BCUT2D eigenvalue weighted by atomic mass is 32.2. The first-order chi connectivity index (χ1) is 18.5. The number of esters is 1. The molecule has 0 N–H and O–H groups in total. The predicted octanol–water partition coefficient (Wildman–Crippen LogP) is 6.23. The minimum atomic E-state index is -0.379. The van der Waals surface area contributed by atoms with Gasteiger partial charge < -0.3 is 13.9 Å². The van der Waals surface area contributed by atoms with Gasteiger partial charge in [0, 0.05) is 63.8 Å². The predicted molar refractivity (Wildman–Crippen MR) is 146 cm³/mol. The van der Waals surface area contributed by atoms with Crippen molar-refractivity contribution in [3.05, 3.63) is 114 Å². The number of carbonyl (C=O) groups is 2. The Morgan fingerprint density at radius 2 is 1.89 bits per heavy atom. The minimum Gasteiger partial charge on any atom is -0.465 e. The Morgan fingerprint density at radius 3 is 2.66 bits per heavy atom. The molecule has 0 saturated carbocycles. The van der Waals surface area contributed by atoms with Gasteiger partial charge in [-0.2, -0.15) is 0 Å². The number of hydrogen-bond acceptors (Lipinski definition) is 5. The Balaban J connectivity index is 1.41. The van der Waals surface area contributed by atoms with E-state index in [1.165, 1.54) is 12.1 Å². The van der Waals surface area contributed by atoms with Gasteiger partial charge in [-0.3, -0.25) is 14.6 Å². The fourth-order valence-electron chi connectivity index (χ4n) is 4.99. The molecule has 5 aromatic rings. The number of halogens is 1. The van der Waals surface area contributed by atoms with Crippen molar-refractivity contribution in [3.8, 4) is 11.1 Å². The molecule has 1 atom stereocenters. The van der Waals surface area contributed by atoms with Gasteiger partial charge in [0.15, 0.2) is 5.78 Å². The van der Waals surface area contributed by atoms with Crippen molar-refractivity contribution in [2.75, 3.05) is 6.61 Å². The second kappa shape index (κ2) is 9.95. The number of nitrogens with zero attached hydrogens (tertiary/aromatic N) is 3. The first kappa shape index (κ1) is 24.2. The van der Waals surface area contributed by atoms with Gasteiger partial charge in [0.1, 0.15) is 17.7 Å². The fraction of sp³-hybridized carbons (Fsp3) is 0.167. The highest BCUT2D eigenvalue weighted by molar-refractivity contribution is 7.99. The third-order valence-corrected chi connectivity index (χ3v) is 8.03. The zero-order valence-corrected chi connectivity index (χ0v) is 21.5. The van der Waals surface area contributed by atoms with Crippen LogP contribution in [0, 0.1) is 5.82 Å². The summed E-state index contributed by atoms with van der Waals surface area (Å²) in [4.78, 5) is 30.6. The van der Waals surface area contributed by atoms with Crippen LogP contribution < -0.4 is 0 Å². The summed E-state index contributed by atoms with van der Waals surface area (Å²) >= 11 is 1.76. The lowest BCUT2D eigenvalue weighted by Gasteiger charge is -2.11. The molecule has 0 saturated heterocycles. The molecule has 0 radical (unpaired) electrons. The molecule has 0 aliphatic carbocycles. The zero-order chi connectivity index (χ0) is 26.2. The Morgan fingerprint density at radius 1 is 1.08 bits per heavy atom. The molecule has 4 heterocycles. The maximum absolute atomic E-state index is 13.9. The second-order valence-electron chi connectivity index (χ2n) is 9.08. The summed E-state index contributed by atoms with van der Waals surface area (Å²) in [7, 11) is 0. The van der Waals surface area contributed by atoms with Crippen molar-refractivity contribution in [2.24, 2.45) is 0 Å². The number of rotatable bonds is 7. The molecule has 0 fully saturated rings. The molecule has 8 heteroatoms. The molecular weight excluding hydrogens is 501 g/mol. The summed E-state index contributed by atoms with van der Waals surface area (Å²) < 4.78 is 22.6. The van der Waals surface area contributed by atoms with E-state index in [0.717, 1.165) is 33.3 Å². The molecule has 6 nitrogen and oxygen atoms in total. The van der Waals surface area contributed by atoms with Gasteiger partial charge in [-0.05, 0) is 48.4 Å². The number of ether oxygens (including phenoxy) is 1. The summed E-state index contributed by atoms with van der Waals surface area (Å²) in [5.74, 6) is -0.0640.